The molecule has 0 saturated carbocycles. The second-order valence-electron chi connectivity index (χ2n) is 5.01. The molecular weight excluding hydrogens is 333 g/mol. The predicted octanol–water partition coefficient (Wildman–Crippen LogP) is 4.23. The molecule has 2 aromatic carbocycles. The minimum atomic E-state index is -0.387. The zero-order valence-corrected chi connectivity index (χ0v) is 13.5. The lowest BCUT2D eigenvalue weighted by Crippen LogP contribution is -2.08. The Bertz CT molecular complexity index is 1110. The first kappa shape index (κ1) is 10.6. The van der Waals surface area contributed by atoms with Crippen molar-refractivity contribution < 1.29 is 5.48 Å². The van der Waals surface area contributed by atoms with Gasteiger partial charge in [-0.05, 0) is 31.2 Å². The summed E-state index contributed by atoms with van der Waals surface area (Å²) in [6, 6.07) is 3.92. The Morgan fingerprint density at radius 2 is 1.96 bits per heavy atom. The molecule has 1 aliphatic heterocycles. The van der Waals surface area contributed by atoms with Crippen LogP contribution in [0.5, 0.6) is 0 Å². The summed E-state index contributed by atoms with van der Waals surface area (Å²) < 4.78 is 34.0. The van der Waals surface area contributed by atoms with Crippen LogP contribution in [-0.4, -0.2) is 20.5 Å². The fraction of sp³-hybridized carbons (Fsp3) is 0.118. The van der Waals surface area contributed by atoms with Crippen molar-refractivity contribution in [1.29, 1.82) is 0 Å². The zero-order chi connectivity index (χ0) is 19.5. The highest BCUT2D eigenvalue weighted by Crippen LogP contribution is 2.30. The van der Waals surface area contributed by atoms with Crippen LogP contribution in [0, 0.1) is 6.92 Å². The fourth-order valence-corrected chi connectivity index (χ4v) is 2.98. The molecule has 23 heavy (non-hydrogen) atoms. The first-order valence-corrected chi connectivity index (χ1v) is 7.58. The van der Waals surface area contributed by atoms with E-state index >= 15 is 0 Å². The third-order valence-electron chi connectivity index (χ3n) is 3.60. The van der Waals surface area contributed by atoms with Gasteiger partial charge in [-0.1, -0.05) is 41.3 Å². The molecule has 4 rings (SSSR count). The van der Waals surface area contributed by atoms with Crippen LogP contribution in [0.1, 0.15) is 28.3 Å². The molecule has 0 spiro atoms. The van der Waals surface area contributed by atoms with Crippen molar-refractivity contribution in [2.45, 2.75) is 13.5 Å². The van der Waals surface area contributed by atoms with Gasteiger partial charge in [-0.25, -0.2) is 0 Å². The minimum Gasteiger partial charge on any atom is -0.281 e. The van der Waals surface area contributed by atoms with Gasteiger partial charge in [-0.2, -0.15) is 0 Å². The van der Waals surface area contributed by atoms with Crippen LogP contribution < -0.4 is 0 Å². The van der Waals surface area contributed by atoms with Crippen molar-refractivity contribution in [1.82, 2.24) is 14.8 Å². The number of rotatable bonds is 1. The smallest absolute Gasteiger partial charge is 0.159 e. The molecule has 114 valence electrons. The average molecular weight is 349 g/mol. The van der Waals surface area contributed by atoms with Gasteiger partial charge in [0, 0.05) is 21.2 Å². The second-order valence-corrected chi connectivity index (χ2v) is 5.83. The molecule has 0 amide bonds. The Hall–Kier alpha value is -2.17. The van der Waals surface area contributed by atoms with E-state index < -0.39 is 0 Å². The van der Waals surface area contributed by atoms with Crippen LogP contribution in [0.15, 0.2) is 47.4 Å². The van der Waals surface area contributed by atoms with Gasteiger partial charge >= 0.3 is 0 Å². The Morgan fingerprint density at radius 1 is 1.13 bits per heavy atom. The summed E-state index contributed by atoms with van der Waals surface area (Å²) in [6.07, 6.45) is 0. The van der Waals surface area contributed by atoms with Crippen molar-refractivity contribution >= 4 is 28.9 Å². The van der Waals surface area contributed by atoms with Crippen molar-refractivity contribution in [3.63, 3.8) is 0 Å². The standard InChI is InChI=1S/C17H12Cl2N4/c1-10-21-22-16-9-20-17(12-4-2-3-5-14(12)19)13-8-11(18)6-7-15(13)23(10)16/h2-8H,9H2,1H3/i2D,3D,4D,5D,9+1,16+1. The van der Waals surface area contributed by atoms with Crippen molar-refractivity contribution in [2.24, 2.45) is 4.99 Å². The monoisotopic (exact) mass is 348 g/mol. The highest BCUT2D eigenvalue weighted by Gasteiger charge is 2.22. The van der Waals surface area contributed by atoms with E-state index in [9.17, 15) is 0 Å². The Morgan fingerprint density at radius 3 is 2.83 bits per heavy atom. The fourth-order valence-electron chi connectivity index (χ4n) is 2.62. The topological polar surface area (TPSA) is 43.1 Å². The molecule has 0 atom stereocenters. The average Bonchev–Trinajstić information content (AvgIpc) is 2.93. The lowest BCUT2D eigenvalue weighted by Gasteiger charge is -2.13. The minimum absolute atomic E-state index is 0.0833. The van der Waals surface area contributed by atoms with Gasteiger partial charge in [0.1, 0.15) is 12.4 Å². The summed E-state index contributed by atoms with van der Waals surface area (Å²) in [5.41, 5.74) is 1.80. The van der Waals surface area contributed by atoms with E-state index in [-0.39, 0.29) is 41.3 Å². The van der Waals surface area contributed by atoms with Gasteiger partial charge < -0.3 is 0 Å². The number of halogens is 2. The number of hydrogen-bond acceptors (Lipinski definition) is 3. The summed E-state index contributed by atoms with van der Waals surface area (Å²) >= 11 is 12.5. The summed E-state index contributed by atoms with van der Waals surface area (Å²) in [5, 5.41) is 8.63. The molecule has 0 N–H and O–H groups in total. The van der Waals surface area contributed by atoms with Crippen LogP contribution in [0.2, 0.25) is 10.0 Å². The highest BCUT2D eigenvalue weighted by atomic mass is 35.5. The van der Waals surface area contributed by atoms with E-state index in [1.54, 1.807) is 18.2 Å². The Balaban J connectivity index is 2.08. The van der Waals surface area contributed by atoms with Gasteiger partial charge in [-0.15, -0.1) is 10.2 Å². The van der Waals surface area contributed by atoms with Crippen molar-refractivity contribution in [2.75, 3.05) is 0 Å². The Kier molecular flexibility index (Phi) is 2.52. The summed E-state index contributed by atoms with van der Waals surface area (Å²) in [7, 11) is 0. The second kappa shape index (κ2) is 5.48. The number of hydrogen-bond donors (Lipinski definition) is 0. The van der Waals surface area contributed by atoms with Gasteiger partial charge in [0.15, 0.2) is 5.82 Å². The molecule has 1 aliphatic rings. The predicted molar refractivity (Wildman–Crippen MR) is 91.9 cm³/mol. The van der Waals surface area contributed by atoms with Crippen molar-refractivity contribution in [3.8, 4) is 5.69 Å². The van der Waals surface area contributed by atoms with Gasteiger partial charge in [0.2, 0.25) is 0 Å². The normalized spacial score (nSPS) is 15.5. The zero-order valence-electron chi connectivity index (χ0n) is 16.0. The molecule has 6 heteroatoms. The first-order valence-electron chi connectivity index (χ1n) is 8.83. The maximum absolute atomic E-state index is 8.32. The lowest BCUT2D eigenvalue weighted by molar-refractivity contribution is 0.862. The third kappa shape index (κ3) is 2.35. The molecular formula is C17H12Cl2N4. The van der Waals surface area contributed by atoms with Crippen LogP contribution in [0.3, 0.4) is 0 Å². The van der Waals surface area contributed by atoms with E-state index in [0.29, 0.717) is 27.9 Å². The number of fused-ring (bicyclic) bond motifs is 3. The van der Waals surface area contributed by atoms with E-state index in [4.69, 9.17) is 28.7 Å². The Labute approximate surface area is 149 Å². The highest BCUT2D eigenvalue weighted by molar-refractivity contribution is 6.36. The number of aromatic nitrogens is 3. The summed E-state index contributed by atoms with van der Waals surface area (Å²) in [5.74, 6) is 1.29. The molecule has 0 bridgehead atoms. The number of nitrogens with zero attached hydrogens (tertiary/aromatic N) is 4. The maximum atomic E-state index is 8.32. The number of aliphatic imine (C=N–C) groups is 1. The third-order valence-corrected chi connectivity index (χ3v) is 4.12. The number of aryl methyl sites for hydroxylation is 1. The van der Waals surface area contributed by atoms with Gasteiger partial charge in [-0.3, -0.25) is 9.56 Å². The molecule has 0 fully saturated rings. The molecule has 1 aromatic heterocycles. The molecule has 2 heterocycles. The molecule has 0 radical (unpaired) electrons. The maximum Gasteiger partial charge on any atom is 0.159 e. The summed E-state index contributed by atoms with van der Waals surface area (Å²) in [4.78, 5) is 4.57. The van der Waals surface area contributed by atoms with E-state index in [1.807, 2.05) is 11.5 Å². The van der Waals surface area contributed by atoms with Crippen molar-refractivity contribution in [3.05, 3.63) is 75.2 Å². The SMILES string of the molecule is [2H]c1c([2H])c([2H])c(C2=N[13CH2][13c]3nnc(C)n3-c3ccc(Cl)cc32)c(Cl)c1[2H]. The van der Waals surface area contributed by atoms with Crippen LogP contribution >= 0.6 is 23.2 Å². The van der Waals surface area contributed by atoms with Gasteiger partial charge in [0.25, 0.3) is 0 Å². The first-order chi connectivity index (χ1) is 12.8. The van der Waals surface area contributed by atoms with E-state index in [1.165, 1.54) is 0 Å². The molecule has 0 unspecified atom stereocenters. The van der Waals surface area contributed by atoms with Crippen LogP contribution in [0.4, 0.5) is 0 Å². The van der Waals surface area contributed by atoms with E-state index in [2.05, 4.69) is 15.2 Å². The summed E-state index contributed by atoms with van der Waals surface area (Å²) in [6.45, 7) is 2.00. The largest absolute Gasteiger partial charge is 0.281 e. The molecule has 0 saturated heterocycles. The van der Waals surface area contributed by atoms with Gasteiger partial charge in [0.05, 0.1) is 16.9 Å². The lowest BCUT2D eigenvalue weighted by atomic mass is 10.0. The van der Waals surface area contributed by atoms with Crippen LogP contribution in [0.25, 0.3) is 5.69 Å². The van der Waals surface area contributed by atoms with E-state index in [0.717, 1.165) is 5.69 Å². The van der Waals surface area contributed by atoms with Crippen LogP contribution in [-0.2, 0) is 6.54 Å². The molecule has 3 aromatic rings. The quantitative estimate of drug-likeness (QED) is 0.617. The number of benzene rings is 2. The molecule has 0 aliphatic carbocycles. The molecule has 4 nitrogen and oxygen atoms in total.